The van der Waals surface area contributed by atoms with E-state index in [4.69, 9.17) is 0 Å². The molecule has 2 nitrogen and oxygen atoms in total. The Balaban J connectivity index is 1.87. The first-order valence-electron chi connectivity index (χ1n) is 5.96. The summed E-state index contributed by atoms with van der Waals surface area (Å²) in [4.78, 5) is 4.47. The summed E-state index contributed by atoms with van der Waals surface area (Å²) in [6.45, 7) is 0.967. The number of nitrogens with one attached hydrogen (secondary N) is 1. The smallest absolute Gasteiger partial charge is 0.135 e. The third-order valence-corrected chi connectivity index (χ3v) is 4.97. The summed E-state index contributed by atoms with van der Waals surface area (Å²) in [6, 6.07) is 3.82. The van der Waals surface area contributed by atoms with Crippen molar-refractivity contribution in [2.45, 2.75) is 6.04 Å². The van der Waals surface area contributed by atoms with Crippen LogP contribution < -0.4 is 5.32 Å². The minimum absolute atomic E-state index is 0.237. The van der Waals surface area contributed by atoms with Crippen molar-refractivity contribution in [3.05, 3.63) is 40.2 Å². The number of aromatic nitrogens is 1. The molecule has 1 atom stereocenters. The molecule has 0 saturated carbocycles. The van der Waals surface area contributed by atoms with Gasteiger partial charge in [-0.2, -0.15) is 11.8 Å². The largest absolute Gasteiger partial charge is 0.306 e. The van der Waals surface area contributed by atoms with Crippen LogP contribution in [0.15, 0.2) is 23.6 Å². The minimum Gasteiger partial charge on any atom is -0.306 e. The van der Waals surface area contributed by atoms with E-state index in [1.54, 1.807) is 0 Å². The summed E-state index contributed by atoms with van der Waals surface area (Å²) in [5.41, 5.74) is 0.933. The number of nitrogens with zero attached hydrogens (tertiary/aromatic N) is 1. The van der Waals surface area contributed by atoms with Crippen molar-refractivity contribution >= 4 is 23.1 Å². The molecule has 0 amide bonds. The predicted molar refractivity (Wildman–Crippen MR) is 75.5 cm³/mol. The van der Waals surface area contributed by atoms with Crippen molar-refractivity contribution in [1.82, 2.24) is 10.3 Å². The highest BCUT2D eigenvalue weighted by molar-refractivity contribution is 7.99. The molecule has 0 aliphatic carbocycles. The van der Waals surface area contributed by atoms with Gasteiger partial charge < -0.3 is 5.32 Å². The van der Waals surface area contributed by atoms with Gasteiger partial charge in [-0.1, -0.05) is 0 Å². The van der Waals surface area contributed by atoms with Crippen LogP contribution in [0.1, 0.15) is 11.0 Å². The van der Waals surface area contributed by atoms with Crippen LogP contribution in [0, 0.1) is 11.6 Å². The Kier molecular flexibility index (Phi) is 3.81. The first kappa shape index (κ1) is 13.0. The second-order valence-electron chi connectivity index (χ2n) is 4.28. The van der Waals surface area contributed by atoms with Crippen LogP contribution in [0.5, 0.6) is 0 Å². The number of hydrogen-bond acceptors (Lipinski definition) is 4. The van der Waals surface area contributed by atoms with Gasteiger partial charge in [-0.25, -0.2) is 13.8 Å². The fraction of sp³-hybridized carbons (Fsp3) is 0.308. The van der Waals surface area contributed by atoms with Crippen LogP contribution in [0.4, 0.5) is 8.78 Å². The number of thioether (sulfide) groups is 1. The average molecular weight is 298 g/mol. The zero-order valence-corrected chi connectivity index (χ0v) is 11.7. The van der Waals surface area contributed by atoms with E-state index in [1.165, 1.54) is 23.5 Å². The number of thiazole rings is 1. The van der Waals surface area contributed by atoms with Crippen LogP contribution in [-0.2, 0) is 0 Å². The maximum Gasteiger partial charge on any atom is 0.135 e. The lowest BCUT2D eigenvalue weighted by atomic mass is 10.1. The van der Waals surface area contributed by atoms with Gasteiger partial charge in [0, 0.05) is 35.1 Å². The lowest BCUT2D eigenvalue weighted by Crippen LogP contribution is -2.30. The number of hydrogen-bond donors (Lipinski definition) is 1. The molecule has 1 aliphatic heterocycles. The summed E-state index contributed by atoms with van der Waals surface area (Å²) in [5, 5.41) is 6.19. The van der Waals surface area contributed by atoms with Gasteiger partial charge in [0.05, 0.1) is 11.7 Å². The molecular formula is C13H12F2N2S2. The van der Waals surface area contributed by atoms with E-state index in [-0.39, 0.29) is 6.04 Å². The number of benzene rings is 1. The van der Waals surface area contributed by atoms with Crippen molar-refractivity contribution in [3.63, 3.8) is 0 Å². The highest BCUT2D eigenvalue weighted by Gasteiger charge is 2.19. The van der Waals surface area contributed by atoms with Crippen molar-refractivity contribution in [1.29, 1.82) is 0 Å². The fourth-order valence-electron chi connectivity index (χ4n) is 1.99. The second kappa shape index (κ2) is 5.56. The zero-order chi connectivity index (χ0) is 13.2. The van der Waals surface area contributed by atoms with Gasteiger partial charge in [0.15, 0.2) is 0 Å². The monoisotopic (exact) mass is 298 g/mol. The second-order valence-corrected chi connectivity index (χ2v) is 6.32. The summed E-state index contributed by atoms with van der Waals surface area (Å²) in [5.74, 6) is 0.963. The molecule has 6 heteroatoms. The van der Waals surface area contributed by atoms with Crippen molar-refractivity contribution < 1.29 is 8.78 Å². The third-order valence-electron chi connectivity index (χ3n) is 2.95. The van der Waals surface area contributed by atoms with E-state index in [0.29, 0.717) is 11.3 Å². The third kappa shape index (κ3) is 2.80. The quantitative estimate of drug-likeness (QED) is 0.919. The van der Waals surface area contributed by atoms with Crippen LogP contribution >= 0.6 is 23.1 Å². The summed E-state index contributed by atoms with van der Waals surface area (Å²) in [7, 11) is 0. The first-order chi connectivity index (χ1) is 9.24. The predicted octanol–water partition coefficient (Wildman–Crippen LogP) is 3.47. The minimum atomic E-state index is -0.568. The van der Waals surface area contributed by atoms with E-state index >= 15 is 0 Å². The maximum atomic E-state index is 13.7. The van der Waals surface area contributed by atoms with Gasteiger partial charge in [0.25, 0.3) is 0 Å². The molecular weight excluding hydrogens is 286 g/mol. The Morgan fingerprint density at radius 3 is 2.95 bits per heavy atom. The molecule has 3 rings (SSSR count). The number of halogens is 2. The molecule has 19 heavy (non-hydrogen) atoms. The van der Waals surface area contributed by atoms with Crippen molar-refractivity contribution in [2.24, 2.45) is 0 Å². The first-order valence-corrected chi connectivity index (χ1v) is 7.99. The number of rotatable bonds is 2. The highest BCUT2D eigenvalue weighted by Crippen LogP contribution is 2.30. The van der Waals surface area contributed by atoms with Crippen molar-refractivity contribution in [3.8, 4) is 11.3 Å². The van der Waals surface area contributed by atoms with Gasteiger partial charge in [0.2, 0.25) is 0 Å². The maximum absolute atomic E-state index is 13.7. The Morgan fingerprint density at radius 1 is 1.32 bits per heavy atom. The summed E-state index contributed by atoms with van der Waals surface area (Å²) in [6.07, 6.45) is 0. The topological polar surface area (TPSA) is 24.9 Å². The Morgan fingerprint density at radius 2 is 2.21 bits per heavy atom. The molecule has 2 aromatic rings. The molecule has 1 aliphatic rings. The van der Waals surface area contributed by atoms with E-state index in [9.17, 15) is 8.78 Å². The normalized spacial score (nSPS) is 19.6. The summed E-state index contributed by atoms with van der Waals surface area (Å²) >= 11 is 3.40. The standard InChI is InChI=1S/C13H12F2N2S2/c14-8-1-2-9(10(15)5-8)11-7-19-13(17-11)12-6-18-4-3-16-12/h1-2,5,7,12,16H,3-4,6H2. The lowest BCUT2D eigenvalue weighted by Gasteiger charge is -2.20. The Bertz CT molecular complexity index is 580. The molecule has 1 N–H and O–H groups in total. The Labute approximate surface area is 118 Å². The van der Waals surface area contributed by atoms with Crippen LogP contribution in [-0.4, -0.2) is 23.0 Å². The molecule has 2 heterocycles. The molecule has 100 valence electrons. The fourth-order valence-corrected chi connectivity index (χ4v) is 3.93. The molecule has 0 radical (unpaired) electrons. The van der Waals surface area contributed by atoms with E-state index < -0.39 is 11.6 Å². The van der Waals surface area contributed by atoms with Gasteiger partial charge in [-0.3, -0.25) is 0 Å². The molecule has 1 saturated heterocycles. The van der Waals surface area contributed by atoms with E-state index in [2.05, 4.69) is 10.3 Å². The summed E-state index contributed by atoms with van der Waals surface area (Å²) < 4.78 is 26.6. The van der Waals surface area contributed by atoms with Gasteiger partial charge >= 0.3 is 0 Å². The molecule has 1 fully saturated rings. The Hall–Kier alpha value is -0.980. The van der Waals surface area contributed by atoms with Crippen LogP contribution in [0.25, 0.3) is 11.3 Å². The SMILES string of the molecule is Fc1ccc(-c2csc(C3CSCCN3)n2)c(F)c1. The van der Waals surface area contributed by atoms with Crippen LogP contribution in [0.2, 0.25) is 0 Å². The zero-order valence-electron chi connectivity index (χ0n) is 10.0. The average Bonchev–Trinajstić information content (AvgIpc) is 2.89. The van der Waals surface area contributed by atoms with Gasteiger partial charge in [-0.05, 0) is 12.1 Å². The lowest BCUT2D eigenvalue weighted by molar-refractivity contribution is 0.583. The van der Waals surface area contributed by atoms with E-state index in [0.717, 1.165) is 29.1 Å². The van der Waals surface area contributed by atoms with Gasteiger partial charge in [0.1, 0.15) is 16.6 Å². The van der Waals surface area contributed by atoms with E-state index in [1.807, 2.05) is 17.1 Å². The molecule has 1 aromatic heterocycles. The van der Waals surface area contributed by atoms with Crippen LogP contribution in [0.3, 0.4) is 0 Å². The highest BCUT2D eigenvalue weighted by atomic mass is 32.2. The molecule has 1 unspecified atom stereocenters. The molecule has 0 bridgehead atoms. The van der Waals surface area contributed by atoms with Crippen molar-refractivity contribution in [2.75, 3.05) is 18.1 Å². The van der Waals surface area contributed by atoms with Gasteiger partial charge in [-0.15, -0.1) is 11.3 Å². The molecule has 1 aromatic carbocycles. The molecule has 0 spiro atoms.